The van der Waals surface area contributed by atoms with Crippen LogP contribution in [0.4, 0.5) is 0 Å². The van der Waals surface area contributed by atoms with Crippen molar-refractivity contribution in [2.75, 3.05) is 33.9 Å². The molecule has 0 saturated carbocycles. The van der Waals surface area contributed by atoms with E-state index in [4.69, 9.17) is 15.2 Å². The third-order valence-corrected chi connectivity index (χ3v) is 6.89. The summed E-state index contributed by atoms with van der Waals surface area (Å²) in [4.78, 5) is 18.4. The number of methoxy groups -OCH3 is 2. The molecule has 0 aliphatic carbocycles. The lowest BCUT2D eigenvalue weighted by Gasteiger charge is -2.47. The molecule has 0 bridgehead atoms. The van der Waals surface area contributed by atoms with Crippen molar-refractivity contribution >= 4 is 16.8 Å². The molecular formula is C22H31N3O3. The van der Waals surface area contributed by atoms with Crippen LogP contribution in [-0.2, 0) is 16.0 Å². The summed E-state index contributed by atoms with van der Waals surface area (Å²) < 4.78 is 11.0. The van der Waals surface area contributed by atoms with Crippen molar-refractivity contribution in [2.45, 2.75) is 32.2 Å². The van der Waals surface area contributed by atoms with Crippen LogP contribution in [0, 0.1) is 17.8 Å². The second-order valence-corrected chi connectivity index (χ2v) is 8.19. The maximum absolute atomic E-state index is 12.2. The second-order valence-electron chi connectivity index (χ2n) is 8.19. The summed E-state index contributed by atoms with van der Waals surface area (Å²) in [5, 5.41) is 1.21. The average Bonchev–Trinajstić information content (AvgIpc) is 3.10. The van der Waals surface area contributed by atoms with Gasteiger partial charge < -0.3 is 20.2 Å². The van der Waals surface area contributed by atoms with Gasteiger partial charge in [-0.1, -0.05) is 19.4 Å². The van der Waals surface area contributed by atoms with E-state index in [1.165, 1.54) is 16.6 Å². The minimum absolute atomic E-state index is 0.235. The molecule has 3 N–H and O–H groups in total. The van der Waals surface area contributed by atoms with E-state index < -0.39 is 0 Å². The maximum Gasteiger partial charge on any atom is 0.223 e. The smallest absolute Gasteiger partial charge is 0.223 e. The number of amides is 1. The standard InChI is InChI=1S/C22H31N3O3/c1-4-13-11-25-9-8-14-20-17(6-5-7-19(20)28-3)24-21(14)18(25)10-15(13)16(12-27-2)22(23)26/h5-7,13,15-16,18,24H,4,8-12H2,1-3H3,(H2,23,26)/t13-,15+,16?,18+/m1/s1. The minimum atomic E-state index is -0.243. The molecule has 1 fully saturated rings. The second kappa shape index (κ2) is 7.76. The number of fused-ring (bicyclic) bond motifs is 5. The van der Waals surface area contributed by atoms with Gasteiger partial charge in [-0.2, -0.15) is 0 Å². The number of hydrogen-bond acceptors (Lipinski definition) is 4. The zero-order valence-corrected chi connectivity index (χ0v) is 17.0. The van der Waals surface area contributed by atoms with E-state index in [2.05, 4.69) is 22.9 Å². The monoisotopic (exact) mass is 385 g/mol. The van der Waals surface area contributed by atoms with E-state index in [-0.39, 0.29) is 23.8 Å². The largest absolute Gasteiger partial charge is 0.496 e. The Morgan fingerprint density at radius 3 is 2.89 bits per heavy atom. The number of nitrogens with zero attached hydrogens (tertiary/aromatic N) is 1. The molecule has 1 saturated heterocycles. The first-order chi connectivity index (χ1) is 13.6. The first-order valence-electron chi connectivity index (χ1n) is 10.3. The Labute approximate surface area is 166 Å². The molecule has 152 valence electrons. The topological polar surface area (TPSA) is 80.6 Å². The number of hydrogen-bond donors (Lipinski definition) is 2. The van der Waals surface area contributed by atoms with Crippen molar-refractivity contribution in [3.63, 3.8) is 0 Å². The van der Waals surface area contributed by atoms with E-state index in [1.807, 2.05) is 12.1 Å². The van der Waals surface area contributed by atoms with Crippen molar-refractivity contribution in [3.8, 4) is 5.75 Å². The Bertz CT molecular complexity index is 862. The fourth-order valence-electron chi connectivity index (χ4n) is 5.50. The van der Waals surface area contributed by atoms with Crippen LogP contribution in [-0.4, -0.2) is 49.7 Å². The van der Waals surface area contributed by atoms with Gasteiger partial charge in [0, 0.05) is 36.8 Å². The van der Waals surface area contributed by atoms with Crippen LogP contribution < -0.4 is 10.5 Å². The Kier molecular flexibility index (Phi) is 5.34. The van der Waals surface area contributed by atoms with Gasteiger partial charge in [-0.3, -0.25) is 9.69 Å². The number of rotatable bonds is 6. The Morgan fingerprint density at radius 2 is 2.21 bits per heavy atom. The molecule has 6 heteroatoms. The van der Waals surface area contributed by atoms with Gasteiger partial charge in [-0.25, -0.2) is 0 Å². The number of primary amides is 1. The first kappa shape index (κ1) is 19.3. The third-order valence-electron chi connectivity index (χ3n) is 6.89. The number of piperidine rings is 1. The van der Waals surface area contributed by atoms with Crippen molar-refractivity contribution in [3.05, 3.63) is 29.5 Å². The summed E-state index contributed by atoms with van der Waals surface area (Å²) in [6, 6.07) is 6.46. The molecule has 3 heterocycles. The van der Waals surface area contributed by atoms with Crippen LogP contribution in [0.1, 0.15) is 37.1 Å². The molecule has 0 spiro atoms. The van der Waals surface area contributed by atoms with Gasteiger partial charge in [0.15, 0.2) is 0 Å². The third kappa shape index (κ3) is 3.08. The SMILES string of the molecule is CC[C@@H]1CN2CCc3c([nH]c4cccc(OC)c34)[C@@H]2C[C@@H]1C(COC)C(N)=O. The Morgan fingerprint density at radius 1 is 1.39 bits per heavy atom. The maximum atomic E-state index is 12.2. The quantitative estimate of drug-likeness (QED) is 0.801. The highest BCUT2D eigenvalue weighted by Gasteiger charge is 2.43. The molecule has 6 nitrogen and oxygen atoms in total. The van der Waals surface area contributed by atoms with Crippen LogP contribution in [0.25, 0.3) is 10.9 Å². The van der Waals surface area contributed by atoms with E-state index >= 15 is 0 Å². The number of benzene rings is 1. The van der Waals surface area contributed by atoms with E-state index in [1.54, 1.807) is 14.2 Å². The molecule has 4 atom stereocenters. The number of carbonyl (C=O) groups excluding carboxylic acids is 1. The van der Waals surface area contributed by atoms with Crippen LogP contribution in [0.3, 0.4) is 0 Å². The summed E-state index contributed by atoms with van der Waals surface area (Å²) in [7, 11) is 3.38. The average molecular weight is 386 g/mol. The number of aromatic nitrogens is 1. The van der Waals surface area contributed by atoms with Gasteiger partial charge in [-0.15, -0.1) is 0 Å². The van der Waals surface area contributed by atoms with E-state index in [9.17, 15) is 4.79 Å². The fraction of sp³-hybridized carbons (Fsp3) is 0.591. The normalized spacial score (nSPS) is 25.9. The number of H-pyrrole nitrogens is 1. The Balaban J connectivity index is 1.73. The van der Waals surface area contributed by atoms with Crippen LogP contribution in [0.15, 0.2) is 18.2 Å². The number of nitrogens with two attached hydrogens (primary N) is 1. The molecule has 1 amide bonds. The first-order valence-corrected chi connectivity index (χ1v) is 10.3. The number of aromatic amines is 1. The lowest BCUT2D eigenvalue weighted by atomic mass is 9.71. The molecule has 1 aromatic carbocycles. The van der Waals surface area contributed by atoms with Gasteiger partial charge >= 0.3 is 0 Å². The molecule has 2 aliphatic heterocycles. The summed E-state index contributed by atoms with van der Waals surface area (Å²) in [6.45, 7) is 4.66. The van der Waals surface area contributed by atoms with Crippen molar-refractivity contribution in [2.24, 2.45) is 23.5 Å². The molecule has 2 aliphatic rings. The summed E-state index contributed by atoms with van der Waals surface area (Å²) in [6.07, 6.45) is 3.00. The molecular weight excluding hydrogens is 354 g/mol. The Hall–Kier alpha value is -2.05. The van der Waals surface area contributed by atoms with E-state index in [0.29, 0.717) is 12.5 Å². The predicted molar refractivity (Wildman–Crippen MR) is 109 cm³/mol. The van der Waals surface area contributed by atoms with Crippen LogP contribution >= 0.6 is 0 Å². The van der Waals surface area contributed by atoms with Gasteiger partial charge in [0.25, 0.3) is 0 Å². The van der Waals surface area contributed by atoms with Crippen molar-refractivity contribution < 1.29 is 14.3 Å². The highest BCUT2D eigenvalue weighted by molar-refractivity contribution is 5.91. The molecule has 2 aromatic rings. The van der Waals surface area contributed by atoms with Crippen LogP contribution in [0.5, 0.6) is 5.75 Å². The summed E-state index contributed by atoms with van der Waals surface area (Å²) >= 11 is 0. The minimum Gasteiger partial charge on any atom is -0.496 e. The van der Waals surface area contributed by atoms with E-state index in [0.717, 1.165) is 43.6 Å². The van der Waals surface area contributed by atoms with Gasteiger partial charge in [0.05, 0.1) is 25.7 Å². The molecule has 28 heavy (non-hydrogen) atoms. The fourth-order valence-corrected chi connectivity index (χ4v) is 5.50. The van der Waals surface area contributed by atoms with Gasteiger partial charge in [0.1, 0.15) is 5.75 Å². The van der Waals surface area contributed by atoms with Crippen LogP contribution in [0.2, 0.25) is 0 Å². The molecule has 1 unspecified atom stereocenters. The lowest BCUT2D eigenvalue weighted by Crippen LogP contribution is -2.50. The molecule has 4 rings (SSSR count). The van der Waals surface area contributed by atoms with Crippen molar-refractivity contribution in [1.29, 1.82) is 0 Å². The van der Waals surface area contributed by atoms with Gasteiger partial charge in [0.2, 0.25) is 5.91 Å². The number of carbonyl (C=O) groups is 1. The highest BCUT2D eigenvalue weighted by atomic mass is 16.5. The zero-order chi connectivity index (χ0) is 19.8. The zero-order valence-electron chi connectivity index (χ0n) is 17.0. The number of ether oxygens (including phenoxy) is 2. The molecule has 1 aromatic heterocycles. The molecule has 0 radical (unpaired) electrons. The lowest BCUT2D eigenvalue weighted by molar-refractivity contribution is -0.128. The number of nitrogens with one attached hydrogen (secondary N) is 1. The van der Waals surface area contributed by atoms with Crippen molar-refractivity contribution in [1.82, 2.24) is 9.88 Å². The predicted octanol–water partition coefficient (Wildman–Crippen LogP) is 2.87. The van der Waals surface area contributed by atoms with Gasteiger partial charge in [-0.05, 0) is 42.4 Å². The highest BCUT2D eigenvalue weighted by Crippen LogP contribution is 2.46. The summed E-state index contributed by atoms with van der Waals surface area (Å²) in [5.41, 5.74) is 9.55. The summed E-state index contributed by atoms with van der Waals surface area (Å²) in [5.74, 6) is 1.15.